The Morgan fingerprint density at radius 3 is 2.53 bits per heavy atom. The zero-order valence-electron chi connectivity index (χ0n) is 19.1. The lowest BCUT2D eigenvalue weighted by molar-refractivity contribution is -0.139. The van der Waals surface area contributed by atoms with Gasteiger partial charge >= 0.3 is 12.1 Å². The lowest BCUT2D eigenvalue weighted by Gasteiger charge is -2.30. The maximum Gasteiger partial charge on any atom is 0.410 e. The van der Waals surface area contributed by atoms with Crippen LogP contribution < -0.4 is 5.73 Å². The number of likely N-dealkylation sites (N-methyl/N-ethyl adjacent to an activating group) is 1. The summed E-state index contributed by atoms with van der Waals surface area (Å²) < 4.78 is 6.51. The number of Topliss-reactive ketones (excluding diaryl/α,β-unsaturated/α-hetero) is 1. The second-order valence-corrected chi connectivity index (χ2v) is 10.5. The van der Waals surface area contributed by atoms with Gasteiger partial charge in [-0.3, -0.25) is 9.59 Å². The Balaban J connectivity index is 2.29. The summed E-state index contributed by atoms with van der Waals surface area (Å²) in [6.07, 6.45) is -0.0295. The minimum Gasteiger partial charge on any atom is -0.480 e. The summed E-state index contributed by atoms with van der Waals surface area (Å²) in [5, 5.41) is 12.6. The first kappa shape index (κ1) is 26.1. The Morgan fingerprint density at radius 1 is 1.28 bits per heavy atom. The summed E-state index contributed by atoms with van der Waals surface area (Å²) >= 11 is 7.71. The van der Waals surface area contributed by atoms with Crippen molar-refractivity contribution >= 4 is 50.9 Å². The summed E-state index contributed by atoms with van der Waals surface area (Å²) in [7, 11) is 1.55. The van der Waals surface area contributed by atoms with Crippen LogP contribution in [0.25, 0.3) is 10.1 Å². The van der Waals surface area contributed by atoms with Gasteiger partial charge in [0.05, 0.1) is 6.04 Å². The molecule has 0 saturated carbocycles. The number of amides is 1. The molecule has 3 atom stereocenters. The van der Waals surface area contributed by atoms with E-state index < -0.39 is 29.7 Å². The highest BCUT2D eigenvalue weighted by molar-refractivity contribution is 7.17. The van der Waals surface area contributed by atoms with Crippen LogP contribution in [0.2, 0.25) is 5.02 Å². The van der Waals surface area contributed by atoms with Gasteiger partial charge in [0.15, 0.2) is 5.78 Å². The number of ketones is 1. The monoisotopic (exact) mass is 482 g/mol. The topological polar surface area (TPSA) is 110 Å². The molecular formula is C23H31ClN2O5S. The summed E-state index contributed by atoms with van der Waals surface area (Å²) in [5.74, 6) is -1.53. The molecule has 1 amide bonds. The zero-order chi connectivity index (χ0) is 24.2. The fourth-order valence-electron chi connectivity index (χ4n) is 3.45. The van der Waals surface area contributed by atoms with Crippen molar-refractivity contribution in [1.29, 1.82) is 0 Å². The molecule has 1 heterocycles. The molecular weight excluding hydrogens is 452 g/mol. The smallest absolute Gasteiger partial charge is 0.410 e. The van der Waals surface area contributed by atoms with E-state index in [-0.39, 0.29) is 24.5 Å². The second kappa shape index (κ2) is 10.6. The van der Waals surface area contributed by atoms with Crippen LogP contribution in [0.3, 0.4) is 0 Å². The molecule has 0 aliphatic carbocycles. The number of rotatable bonds is 9. The van der Waals surface area contributed by atoms with E-state index in [1.807, 2.05) is 23.6 Å². The van der Waals surface area contributed by atoms with Gasteiger partial charge in [-0.1, -0.05) is 18.5 Å². The molecule has 2 aromatic rings. The number of hydrogen-bond donors (Lipinski definition) is 2. The van der Waals surface area contributed by atoms with Gasteiger partial charge in [-0.25, -0.2) is 4.79 Å². The van der Waals surface area contributed by atoms with Crippen LogP contribution in [-0.2, 0) is 20.7 Å². The number of nitrogens with zero attached hydrogens (tertiary/aromatic N) is 1. The van der Waals surface area contributed by atoms with Crippen molar-refractivity contribution in [3.8, 4) is 0 Å². The van der Waals surface area contributed by atoms with Crippen LogP contribution in [0.5, 0.6) is 0 Å². The van der Waals surface area contributed by atoms with Gasteiger partial charge < -0.3 is 20.5 Å². The van der Waals surface area contributed by atoms with Crippen molar-refractivity contribution < 1.29 is 24.2 Å². The van der Waals surface area contributed by atoms with E-state index in [1.165, 1.54) is 4.90 Å². The van der Waals surface area contributed by atoms with E-state index in [1.54, 1.807) is 46.1 Å². The van der Waals surface area contributed by atoms with Crippen LogP contribution in [-0.4, -0.2) is 52.6 Å². The molecule has 9 heteroatoms. The maximum absolute atomic E-state index is 13.3. The number of fused-ring (bicyclic) bond motifs is 1. The Labute approximate surface area is 197 Å². The van der Waals surface area contributed by atoms with Crippen molar-refractivity contribution in [2.45, 2.75) is 64.6 Å². The molecule has 2 unspecified atom stereocenters. The number of carbonyl (C=O) groups is 3. The Hall–Kier alpha value is -2.16. The summed E-state index contributed by atoms with van der Waals surface area (Å²) in [6, 6.07) is 3.78. The number of carboxylic acids is 1. The Kier molecular flexibility index (Phi) is 8.67. The first-order chi connectivity index (χ1) is 14.8. The predicted octanol–water partition coefficient (Wildman–Crippen LogP) is 4.73. The second-order valence-electron chi connectivity index (χ2n) is 9.17. The fraction of sp³-hybridized carbons (Fsp3) is 0.522. The van der Waals surface area contributed by atoms with Crippen LogP contribution >= 0.6 is 22.9 Å². The van der Waals surface area contributed by atoms with Crippen molar-refractivity contribution in [1.82, 2.24) is 4.90 Å². The van der Waals surface area contributed by atoms with Crippen molar-refractivity contribution in [2.75, 3.05) is 7.05 Å². The lowest BCUT2D eigenvalue weighted by Crippen LogP contribution is -2.46. The van der Waals surface area contributed by atoms with E-state index in [4.69, 9.17) is 27.2 Å². The molecule has 176 valence electrons. The third kappa shape index (κ3) is 7.18. The van der Waals surface area contributed by atoms with Gasteiger partial charge in [-0.2, -0.15) is 0 Å². The Morgan fingerprint density at radius 2 is 1.94 bits per heavy atom. The SMILES string of the molecule is CC(CC(=O)C(Cc1csc2ccc(Cl)cc12)N(C)C(=O)OC(C)(C)C)C[C@H](N)C(=O)O. The van der Waals surface area contributed by atoms with Crippen molar-refractivity contribution in [2.24, 2.45) is 11.7 Å². The van der Waals surface area contributed by atoms with Gasteiger partial charge in [0.1, 0.15) is 11.6 Å². The molecule has 7 nitrogen and oxygen atoms in total. The van der Waals surface area contributed by atoms with Gasteiger partial charge in [0, 0.05) is 29.6 Å². The average molecular weight is 483 g/mol. The Bertz CT molecular complexity index is 984. The average Bonchev–Trinajstić information content (AvgIpc) is 3.05. The molecule has 2 rings (SSSR count). The molecule has 32 heavy (non-hydrogen) atoms. The third-order valence-electron chi connectivity index (χ3n) is 5.07. The number of carbonyl (C=O) groups excluding carboxylic acids is 2. The van der Waals surface area contributed by atoms with Gasteiger partial charge in [-0.05, 0) is 67.6 Å². The number of carboxylic acid groups (broad SMARTS) is 1. The number of aliphatic carboxylic acids is 1. The van der Waals surface area contributed by atoms with E-state index in [2.05, 4.69) is 0 Å². The molecule has 0 spiro atoms. The maximum atomic E-state index is 13.3. The zero-order valence-corrected chi connectivity index (χ0v) is 20.6. The molecule has 1 aromatic carbocycles. The van der Waals surface area contributed by atoms with Gasteiger partial charge in [0.25, 0.3) is 0 Å². The molecule has 3 N–H and O–H groups in total. The molecule has 1 aromatic heterocycles. The lowest BCUT2D eigenvalue weighted by atomic mass is 9.91. The molecule has 0 saturated heterocycles. The highest BCUT2D eigenvalue weighted by Crippen LogP contribution is 2.30. The van der Waals surface area contributed by atoms with Crippen LogP contribution in [0, 0.1) is 5.92 Å². The first-order valence-corrected chi connectivity index (χ1v) is 11.7. The number of halogens is 1. The van der Waals surface area contributed by atoms with Crippen LogP contribution in [0.1, 0.15) is 46.1 Å². The number of nitrogens with two attached hydrogens (primary N) is 1. The van der Waals surface area contributed by atoms with E-state index in [9.17, 15) is 14.4 Å². The van der Waals surface area contributed by atoms with E-state index >= 15 is 0 Å². The predicted molar refractivity (Wildman–Crippen MR) is 127 cm³/mol. The van der Waals surface area contributed by atoms with Crippen LogP contribution in [0.4, 0.5) is 4.79 Å². The van der Waals surface area contributed by atoms with Crippen molar-refractivity contribution in [3.63, 3.8) is 0 Å². The minimum absolute atomic E-state index is 0.0988. The third-order valence-corrected chi connectivity index (χ3v) is 6.32. The molecule has 0 aliphatic heterocycles. The molecule has 0 radical (unpaired) electrons. The molecule has 0 aliphatic rings. The largest absolute Gasteiger partial charge is 0.480 e. The number of benzene rings is 1. The van der Waals surface area contributed by atoms with Gasteiger partial charge in [0.2, 0.25) is 0 Å². The summed E-state index contributed by atoms with van der Waals surface area (Å²) in [4.78, 5) is 38.4. The molecule has 0 fully saturated rings. The first-order valence-electron chi connectivity index (χ1n) is 10.4. The highest BCUT2D eigenvalue weighted by Gasteiger charge is 2.32. The number of thiophene rings is 1. The van der Waals surface area contributed by atoms with E-state index in [0.29, 0.717) is 11.4 Å². The van der Waals surface area contributed by atoms with Crippen LogP contribution in [0.15, 0.2) is 23.6 Å². The van der Waals surface area contributed by atoms with Crippen molar-refractivity contribution in [3.05, 3.63) is 34.2 Å². The summed E-state index contributed by atoms with van der Waals surface area (Å²) in [6.45, 7) is 7.07. The number of hydrogen-bond acceptors (Lipinski definition) is 6. The minimum atomic E-state index is -1.10. The standard InChI is InChI=1S/C23H31ClN2O5S/c1-13(8-17(25)21(28)29)9-19(27)18(26(5)22(30)31-23(2,3)4)10-14-12-32-20-7-6-15(24)11-16(14)20/h6-7,11-13,17-18H,8-10,25H2,1-5H3,(H,28,29)/t13?,17-,18?/m0/s1. The highest BCUT2D eigenvalue weighted by atomic mass is 35.5. The number of ether oxygens (including phenoxy) is 1. The molecule has 0 bridgehead atoms. The fourth-order valence-corrected chi connectivity index (χ4v) is 4.57. The normalized spacial score (nSPS) is 14.6. The summed E-state index contributed by atoms with van der Waals surface area (Å²) in [5.41, 5.74) is 5.83. The quantitative estimate of drug-likeness (QED) is 0.534. The van der Waals surface area contributed by atoms with Gasteiger partial charge in [-0.15, -0.1) is 11.3 Å². The van der Waals surface area contributed by atoms with E-state index in [0.717, 1.165) is 15.6 Å².